The van der Waals surface area contributed by atoms with Crippen molar-refractivity contribution >= 4 is 16.9 Å². The molecule has 3 rings (SSSR count). The first kappa shape index (κ1) is 11.7. The Morgan fingerprint density at radius 2 is 2.05 bits per heavy atom. The molecule has 0 saturated carbocycles. The van der Waals surface area contributed by atoms with Crippen LogP contribution in [0.1, 0.15) is 11.3 Å². The topological polar surface area (TPSA) is 74.5 Å². The van der Waals surface area contributed by atoms with E-state index in [-0.39, 0.29) is 0 Å². The predicted molar refractivity (Wildman–Crippen MR) is 73.6 cm³/mol. The number of nitrogens with two attached hydrogens (primary N) is 1. The maximum atomic E-state index is 5.95. The molecule has 19 heavy (non-hydrogen) atoms. The van der Waals surface area contributed by atoms with Crippen molar-refractivity contribution in [3.63, 3.8) is 0 Å². The third kappa shape index (κ3) is 1.85. The summed E-state index contributed by atoms with van der Waals surface area (Å²) in [5, 5.41) is 5.17. The molecule has 0 unspecified atom stereocenters. The molecule has 0 fully saturated rings. The van der Waals surface area contributed by atoms with Crippen molar-refractivity contribution in [3.05, 3.63) is 36.0 Å². The fraction of sp³-hybridized carbons (Fsp3) is 0.308. The van der Waals surface area contributed by atoms with Gasteiger partial charge in [-0.15, -0.1) is 0 Å². The van der Waals surface area contributed by atoms with E-state index in [2.05, 4.69) is 33.5 Å². The minimum Gasteiger partial charge on any atom is -0.383 e. The van der Waals surface area contributed by atoms with Crippen LogP contribution in [0.5, 0.6) is 0 Å². The Labute approximate surface area is 110 Å². The summed E-state index contributed by atoms with van der Waals surface area (Å²) >= 11 is 0. The van der Waals surface area contributed by atoms with Crippen molar-refractivity contribution in [2.45, 2.75) is 26.9 Å². The Hall–Kier alpha value is -2.37. The van der Waals surface area contributed by atoms with Crippen molar-refractivity contribution in [2.75, 3.05) is 5.73 Å². The van der Waals surface area contributed by atoms with Crippen LogP contribution in [0, 0.1) is 13.8 Å². The van der Waals surface area contributed by atoms with Gasteiger partial charge < -0.3 is 10.3 Å². The summed E-state index contributed by atoms with van der Waals surface area (Å²) in [5.41, 5.74) is 9.17. The van der Waals surface area contributed by atoms with E-state index < -0.39 is 0 Å². The van der Waals surface area contributed by atoms with Gasteiger partial charge in [0.1, 0.15) is 17.8 Å². The van der Waals surface area contributed by atoms with E-state index in [9.17, 15) is 0 Å². The van der Waals surface area contributed by atoms with Gasteiger partial charge in [-0.25, -0.2) is 9.97 Å². The van der Waals surface area contributed by atoms with Gasteiger partial charge in [0.25, 0.3) is 0 Å². The molecule has 3 aromatic rings. The normalized spacial score (nSPS) is 11.3. The summed E-state index contributed by atoms with van der Waals surface area (Å²) in [6, 6.07) is 1.92. The minimum atomic E-state index is 0.545. The van der Waals surface area contributed by atoms with E-state index in [0.717, 1.165) is 29.7 Å². The molecule has 0 spiro atoms. The quantitative estimate of drug-likeness (QED) is 0.771. The molecule has 0 amide bonds. The van der Waals surface area contributed by atoms with Gasteiger partial charge in [-0.2, -0.15) is 5.10 Å². The summed E-state index contributed by atoms with van der Waals surface area (Å²) in [7, 11) is 0. The van der Waals surface area contributed by atoms with Gasteiger partial charge in [0.05, 0.1) is 11.9 Å². The van der Waals surface area contributed by atoms with E-state index >= 15 is 0 Å². The first-order chi connectivity index (χ1) is 9.18. The molecular formula is C13H16N6. The number of nitrogen functional groups attached to an aromatic ring is 1. The van der Waals surface area contributed by atoms with E-state index in [1.807, 2.05) is 16.9 Å². The third-order valence-corrected chi connectivity index (χ3v) is 3.55. The van der Waals surface area contributed by atoms with Gasteiger partial charge in [-0.05, 0) is 25.5 Å². The molecule has 0 bridgehead atoms. The predicted octanol–water partition coefficient (Wildman–Crippen LogP) is 1.53. The van der Waals surface area contributed by atoms with E-state index in [1.54, 1.807) is 6.20 Å². The van der Waals surface area contributed by atoms with E-state index in [1.165, 1.54) is 12.0 Å². The van der Waals surface area contributed by atoms with Crippen LogP contribution < -0.4 is 5.73 Å². The number of hydrogen-bond donors (Lipinski definition) is 1. The molecule has 0 aliphatic carbocycles. The average molecular weight is 256 g/mol. The maximum Gasteiger partial charge on any atom is 0.146 e. The second-order valence-electron chi connectivity index (χ2n) is 4.59. The highest BCUT2D eigenvalue weighted by molar-refractivity contribution is 5.90. The monoisotopic (exact) mass is 256 g/mol. The van der Waals surface area contributed by atoms with Crippen molar-refractivity contribution in [1.82, 2.24) is 24.3 Å². The molecule has 2 N–H and O–H groups in total. The smallest absolute Gasteiger partial charge is 0.146 e. The number of nitrogens with zero attached hydrogens (tertiary/aromatic N) is 5. The van der Waals surface area contributed by atoms with Gasteiger partial charge in [-0.1, -0.05) is 0 Å². The lowest BCUT2D eigenvalue weighted by atomic mass is 10.2. The van der Waals surface area contributed by atoms with Gasteiger partial charge in [-0.3, -0.25) is 4.68 Å². The summed E-state index contributed by atoms with van der Waals surface area (Å²) in [5.74, 6) is 0.545. The Morgan fingerprint density at radius 1 is 1.21 bits per heavy atom. The molecule has 0 atom stereocenters. The lowest BCUT2D eigenvalue weighted by Gasteiger charge is -2.07. The van der Waals surface area contributed by atoms with Crippen molar-refractivity contribution in [2.24, 2.45) is 0 Å². The van der Waals surface area contributed by atoms with Crippen LogP contribution in [-0.2, 0) is 13.1 Å². The van der Waals surface area contributed by atoms with Crippen molar-refractivity contribution in [3.8, 4) is 0 Å². The standard InChI is InChI=1S/C13H16N6/c1-9-10(2)19(7-6-18-5-3-4-17-18)13-11(9)12(14)15-8-16-13/h3-5,8H,6-7H2,1-2H3,(H2,14,15,16). The lowest BCUT2D eigenvalue weighted by molar-refractivity contribution is 0.534. The largest absolute Gasteiger partial charge is 0.383 e. The first-order valence-electron chi connectivity index (χ1n) is 6.22. The molecule has 0 aliphatic heterocycles. The highest BCUT2D eigenvalue weighted by Gasteiger charge is 2.14. The molecule has 0 saturated heterocycles. The molecule has 0 aliphatic rings. The fourth-order valence-electron chi connectivity index (χ4n) is 2.40. The number of aryl methyl sites for hydroxylation is 3. The molecule has 3 aromatic heterocycles. The second-order valence-corrected chi connectivity index (χ2v) is 4.59. The molecule has 0 radical (unpaired) electrons. The maximum absolute atomic E-state index is 5.95. The first-order valence-corrected chi connectivity index (χ1v) is 6.22. The highest BCUT2D eigenvalue weighted by atomic mass is 15.3. The van der Waals surface area contributed by atoms with Crippen LogP contribution in [-0.4, -0.2) is 24.3 Å². The van der Waals surface area contributed by atoms with Crippen molar-refractivity contribution < 1.29 is 0 Å². The Balaban J connectivity index is 2.03. The Morgan fingerprint density at radius 3 is 2.79 bits per heavy atom. The zero-order valence-corrected chi connectivity index (χ0v) is 11.0. The van der Waals surface area contributed by atoms with Gasteiger partial charge in [0.15, 0.2) is 0 Å². The number of aromatic nitrogens is 5. The molecule has 98 valence electrons. The summed E-state index contributed by atoms with van der Waals surface area (Å²) in [6.07, 6.45) is 5.25. The molecular weight excluding hydrogens is 240 g/mol. The van der Waals surface area contributed by atoms with Crippen molar-refractivity contribution in [1.29, 1.82) is 0 Å². The minimum absolute atomic E-state index is 0.545. The van der Waals surface area contributed by atoms with Crippen LogP contribution in [0.15, 0.2) is 24.8 Å². The Kier molecular flexibility index (Phi) is 2.70. The zero-order chi connectivity index (χ0) is 13.4. The van der Waals surface area contributed by atoms with Crippen LogP contribution >= 0.6 is 0 Å². The van der Waals surface area contributed by atoms with Crippen LogP contribution in [0.4, 0.5) is 5.82 Å². The molecule has 3 heterocycles. The molecule has 0 aromatic carbocycles. The van der Waals surface area contributed by atoms with Gasteiger partial charge in [0, 0.05) is 24.6 Å². The van der Waals surface area contributed by atoms with E-state index in [4.69, 9.17) is 5.73 Å². The van der Waals surface area contributed by atoms with E-state index in [0.29, 0.717) is 5.82 Å². The number of anilines is 1. The second kappa shape index (κ2) is 4.38. The summed E-state index contributed by atoms with van der Waals surface area (Å²) < 4.78 is 4.08. The van der Waals surface area contributed by atoms with Gasteiger partial charge in [0.2, 0.25) is 0 Å². The SMILES string of the molecule is Cc1c(C)n(CCn2cccn2)c2ncnc(N)c12. The van der Waals surface area contributed by atoms with Crippen LogP contribution in [0.2, 0.25) is 0 Å². The lowest BCUT2D eigenvalue weighted by Crippen LogP contribution is -2.09. The Bertz CT molecular complexity index is 710. The average Bonchev–Trinajstić information content (AvgIpc) is 2.98. The van der Waals surface area contributed by atoms with Crippen LogP contribution in [0.25, 0.3) is 11.0 Å². The fourth-order valence-corrected chi connectivity index (χ4v) is 2.40. The molecule has 6 nitrogen and oxygen atoms in total. The third-order valence-electron chi connectivity index (χ3n) is 3.55. The number of rotatable bonds is 3. The summed E-state index contributed by atoms with van der Waals surface area (Å²) in [4.78, 5) is 8.43. The van der Waals surface area contributed by atoms with Crippen LogP contribution in [0.3, 0.4) is 0 Å². The van der Waals surface area contributed by atoms with Gasteiger partial charge >= 0.3 is 0 Å². The zero-order valence-electron chi connectivity index (χ0n) is 11.0. The number of fused-ring (bicyclic) bond motifs is 1. The molecule has 6 heteroatoms. The highest BCUT2D eigenvalue weighted by Crippen LogP contribution is 2.26. The number of hydrogen-bond acceptors (Lipinski definition) is 4. The summed E-state index contributed by atoms with van der Waals surface area (Å²) in [6.45, 7) is 5.76.